The van der Waals surface area contributed by atoms with Gasteiger partial charge in [-0.15, -0.1) is 0 Å². The molecule has 2 heterocycles. The van der Waals surface area contributed by atoms with Crippen LogP contribution in [0.15, 0.2) is 40.3 Å². The quantitative estimate of drug-likeness (QED) is 0.427. The van der Waals surface area contributed by atoms with Crippen LogP contribution in [0.25, 0.3) is 11.0 Å². The Balaban J connectivity index is 1.76. The molecule has 0 aliphatic heterocycles. The Labute approximate surface area is 173 Å². The molecule has 29 heavy (non-hydrogen) atoms. The summed E-state index contributed by atoms with van der Waals surface area (Å²) >= 11 is 1.27. The topological polar surface area (TPSA) is 89.0 Å². The average Bonchev–Trinajstić information content (AvgIpc) is 3.08. The number of aromatic nitrogens is 3. The van der Waals surface area contributed by atoms with E-state index in [1.54, 1.807) is 16.7 Å². The number of aromatic amines is 1. The molecule has 3 rings (SSSR count). The Bertz CT molecular complexity index is 1060. The third kappa shape index (κ3) is 4.82. The van der Waals surface area contributed by atoms with Crippen molar-refractivity contribution in [1.82, 2.24) is 14.5 Å². The first-order chi connectivity index (χ1) is 13.9. The summed E-state index contributed by atoms with van der Waals surface area (Å²) < 4.78 is 7.08. The highest BCUT2D eigenvalue weighted by atomic mass is 32.2. The Morgan fingerprint density at radius 3 is 2.69 bits per heavy atom. The fraction of sp³-hybridized carbons (Fsp3) is 0.381. The number of nitrogens with zero attached hydrogens (tertiary/aromatic N) is 2. The summed E-state index contributed by atoms with van der Waals surface area (Å²) in [6.07, 6.45) is 0.790. The number of fused-ring (bicyclic) bond motifs is 1. The van der Waals surface area contributed by atoms with Gasteiger partial charge in [0.15, 0.2) is 5.16 Å². The molecule has 3 aromatic rings. The number of amides is 1. The van der Waals surface area contributed by atoms with Crippen LogP contribution in [0.3, 0.4) is 0 Å². The van der Waals surface area contributed by atoms with Crippen molar-refractivity contribution in [3.63, 3.8) is 0 Å². The van der Waals surface area contributed by atoms with E-state index in [9.17, 15) is 9.59 Å². The number of H-pyrrole nitrogens is 1. The molecule has 0 bridgehead atoms. The van der Waals surface area contributed by atoms with Crippen molar-refractivity contribution in [3.8, 4) is 5.75 Å². The molecule has 154 valence electrons. The molecule has 0 unspecified atom stereocenters. The highest BCUT2D eigenvalue weighted by Crippen LogP contribution is 2.23. The molecule has 0 radical (unpaired) electrons. The Kier molecular flexibility index (Phi) is 6.64. The summed E-state index contributed by atoms with van der Waals surface area (Å²) in [5.41, 5.74) is 2.61. The lowest BCUT2D eigenvalue weighted by Gasteiger charge is -2.17. The van der Waals surface area contributed by atoms with E-state index in [4.69, 9.17) is 4.74 Å². The van der Waals surface area contributed by atoms with Gasteiger partial charge in [-0.2, -0.15) is 0 Å². The molecular formula is C21H26N4O3S. The van der Waals surface area contributed by atoms with E-state index in [1.807, 2.05) is 45.9 Å². The third-order valence-electron chi connectivity index (χ3n) is 4.60. The molecule has 8 heteroatoms. The van der Waals surface area contributed by atoms with Crippen molar-refractivity contribution in [2.24, 2.45) is 0 Å². The van der Waals surface area contributed by atoms with E-state index in [2.05, 4.69) is 15.3 Å². The molecule has 0 aliphatic carbocycles. The minimum atomic E-state index is -0.158. The molecule has 1 atom stereocenters. The molecule has 7 nitrogen and oxygen atoms in total. The number of anilines is 1. The van der Waals surface area contributed by atoms with E-state index >= 15 is 0 Å². The van der Waals surface area contributed by atoms with E-state index in [-0.39, 0.29) is 23.3 Å². The van der Waals surface area contributed by atoms with Gasteiger partial charge in [0, 0.05) is 17.4 Å². The number of ether oxygens (including phenoxy) is 1. The fourth-order valence-corrected chi connectivity index (χ4v) is 3.89. The Hall–Kier alpha value is -2.74. The number of rotatable bonds is 8. The van der Waals surface area contributed by atoms with Crippen LogP contribution in [0.1, 0.15) is 38.9 Å². The number of thioether (sulfide) groups is 1. The van der Waals surface area contributed by atoms with Crippen LogP contribution < -0.4 is 15.6 Å². The molecule has 2 N–H and O–H groups in total. The van der Waals surface area contributed by atoms with Crippen LogP contribution in [0, 0.1) is 6.92 Å². The van der Waals surface area contributed by atoms with E-state index in [1.165, 1.54) is 11.8 Å². The van der Waals surface area contributed by atoms with Gasteiger partial charge in [-0.1, -0.05) is 18.7 Å². The summed E-state index contributed by atoms with van der Waals surface area (Å²) in [6.45, 7) is 8.42. The Morgan fingerprint density at radius 2 is 2.03 bits per heavy atom. The maximum atomic E-state index is 12.9. The minimum Gasteiger partial charge on any atom is -0.494 e. The minimum absolute atomic E-state index is 0.0142. The maximum absolute atomic E-state index is 12.9. The number of nitrogens with one attached hydrogen (secondary N) is 2. The van der Waals surface area contributed by atoms with Crippen LogP contribution in [0.2, 0.25) is 0 Å². The van der Waals surface area contributed by atoms with Gasteiger partial charge >= 0.3 is 0 Å². The Morgan fingerprint density at radius 1 is 1.31 bits per heavy atom. The smallest absolute Gasteiger partial charge is 0.278 e. The lowest BCUT2D eigenvalue weighted by molar-refractivity contribution is -0.113. The summed E-state index contributed by atoms with van der Waals surface area (Å²) in [7, 11) is 0. The second-order valence-electron chi connectivity index (χ2n) is 6.83. The molecule has 0 spiro atoms. The lowest BCUT2D eigenvalue weighted by atomic mass is 10.2. The van der Waals surface area contributed by atoms with Crippen LogP contribution >= 0.6 is 11.8 Å². The molecule has 0 aliphatic rings. The SMILES string of the molecule is CCOc1ccc(NC(=O)CSc2nc3cc(C)[nH]c3c(=O)n2[C@@H](C)CC)cc1. The van der Waals surface area contributed by atoms with Gasteiger partial charge in [0.05, 0.1) is 17.9 Å². The van der Waals surface area contributed by atoms with Crippen LogP contribution in [-0.4, -0.2) is 32.8 Å². The van der Waals surface area contributed by atoms with E-state index in [0.717, 1.165) is 17.9 Å². The number of carbonyl (C=O) groups is 1. The number of hydrogen-bond acceptors (Lipinski definition) is 5. The van der Waals surface area contributed by atoms with Crippen LogP contribution in [0.5, 0.6) is 5.75 Å². The molecular weight excluding hydrogens is 388 g/mol. The average molecular weight is 415 g/mol. The van der Waals surface area contributed by atoms with Crippen LogP contribution in [-0.2, 0) is 4.79 Å². The number of hydrogen-bond donors (Lipinski definition) is 2. The predicted octanol–water partition coefficient (Wildman–Crippen LogP) is 4.13. The standard InChI is InChI=1S/C21H26N4O3S/c1-5-14(4)25-20(27)19-17(11-13(3)22-19)24-21(25)29-12-18(26)23-15-7-9-16(10-8-15)28-6-2/h7-11,14,22H,5-6,12H2,1-4H3,(H,23,26)/t14-/m0/s1. The van der Waals surface area contributed by atoms with Gasteiger partial charge in [-0.25, -0.2) is 4.98 Å². The first kappa shape index (κ1) is 21.0. The van der Waals surface area contributed by atoms with Crippen molar-refractivity contribution >= 4 is 34.4 Å². The monoisotopic (exact) mass is 414 g/mol. The summed E-state index contributed by atoms with van der Waals surface area (Å²) in [5.74, 6) is 0.761. The third-order valence-corrected chi connectivity index (χ3v) is 5.55. The zero-order chi connectivity index (χ0) is 21.0. The molecule has 1 aromatic carbocycles. The van der Waals surface area contributed by atoms with E-state index in [0.29, 0.717) is 28.5 Å². The second-order valence-corrected chi connectivity index (χ2v) is 7.78. The summed E-state index contributed by atoms with van der Waals surface area (Å²) in [4.78, 5) is 33.1. The van der Waals surface area contributed by atoms with Gasteiger partial charge in [-0.3, -0.25) is 14.2 Å². The number of carbonyl (C=O) groups excluding carboxylic acids is 1. The van der Waals surface area contributed by atoms with Crippen LogP contribution in [0.4, 0.5) is 5.69 Å². The molecule has 0 saturated heterocycles. The largest absolute Gasteiger partial charge is 0.494 e. The first-order valence-corrected chi connectivity index (χ1v) is 10.7. The maximum Gasteiger partial charge on any atom is 0.278 e. The second kappa shape index (κ2) is 9.17. The van der Waals surface area contributed by atoms with Gasteiger partial charge in [0.2, 0.25) is 5.91 Å². The molecule has 1 amide bonds. The number of aryl methyl sites for hydroxylation is 1. The van der Waals surface area contributed by atoms with Gasteiger partial charge in [-0.05, 0) is 57.5 Å². The van der Waals surface area contributed by atoms with E-state index < -0.39 is 0 Å². The summed E-state index contributed by atoms with van der Waals surface area (Å²) in [5, 5.41) is 3.42. The number of benzene rings is 1. The molecule has 0 fully saturated rings. The van der Waals surface area contributed by atoms with Gasteiger partial charge < -0.3 is 15.0 Å². The highest BCUT2D eigenvalue weighted by molar-refractivity contribution is 7.99. The molecule has 2 aromatic heterocycles. The van der Waals surface area contributed by atoms with Crippen molar-refractivity contribution < 1.29 is 9.53 Å². The fourth-order valence-electron chi connectivity index (χ4n) is 2.99. The molecule has 0 saturated carbocycles. The summed E-state index contributed by atoms with van der Waals surface area (Å²) in [6, 6.07) is 9.07. The zero-order valence-corrected chi connectivity index (χ0v) is 17.9. The van der Waals surface area contributed by atoms with Gasteiger partial charge in [0.25, 0.3) is 5.56 Å². The van der Waals surface area contributed by atoms with Crippen molar-refractivity contribution in [1.29, 1.82) is 0 Å². The predicted molar refractivity (Wildman–Crippen MR) is 117 cm³/mol. The van der Waals surface area contributed by atoms with Gasteiger partial charge in [0.1, 0.15) is 11.3 Å². The highest BCUT2D eigenvalue weighted by Gasteiger charge is 2.18. The normalized spacial score (nSPS) is 12.1. The first-order valence-electron chi connectivity index (χ1n) is 9.70. The van der Waals surface area contributed by atoms with Crippen molar-refractivity contribution in [3.05, 3.63) is 46.4 Å². The van der Waals surface area contributed by atoms with Crippen molar-refractivity contribution in [2.75, 3.05) is 17.7 Å². The lowest BCUT2D eigenvalue weighted by Crippen LogP contribution is -2.26. The zero-order valence-electron chi connectivity index (χ0n) is 17.1. The van der Waals surface area contributed by atoms with Crippen molar-refractivity contribution in [2.45, 2.75) is 45.3 Å².